The van der Waals surface area contributed by atoms with Crippen LogP contribution in [0.5, 0.6) is 0 Å². The van der Waals surface area contributed by atoms with Crippen molar-refractivity contribution in [1.29, 1.82) is 0 Å². The highest BCUT2D eigenvalue weighted by molar-refractivity contribution is 6.66. The van der Waals surface area contributed by atoms with Crippen molar-refractivity contribution in [3.63, 3.8) is 0 Å². The summed E-state index contributed by atoms with van der Waals surface area (Å²) in [6, 6.07) is 0. The molecule has 0 bridgehead atoms. The van der Waals surface area contributed by atoms with Crippen LogP contribution in [0.15, 0.2) is 11.5 Å². The maximum Gasteiger partial charge on any atom is 0.505 e. The summed E-state index contributed by atoms with van der Waals surface area (Å²) in [5, 5.41) is 0. The van der Waals surface area contributed by atoms with E-state index in [1.54, 1.807) is 13.8 Å². The van der Waals surface area contributed by atoms with Crippen molar-refractivity contribution in [2.75, 3.05) is 0 Å². The van der Waals surface area contributed by atoms with Crippen molar-refractivity contribution in [3.8, 4) is 0 Å². The molecule has 0 amide bonds. The Bertz CT molecular complexity index is 134. The molecular weight excluding hydrogens is 140 g/mol. The van der Waals surface area contributed by atoms with Gasteiger partial charge in [-0.15, -0.1) is 11.5 Å². The van der Waals surface area contributed by atoms with Gasteiger partial charge in [0.2, 0.25) is 0 Å². The second-order valence-corrected chi connectivity index (χ2v) is 2.73. The monoisotopic (exact) mass is 151 g/mol. The third-order valence-electron chi connectivity index (χ3n) is 1.11. The lowest BCUT2D eigenvalue weighted by atomic mass is 9.79. The largest absolute Gasteiger partial charge is 0.505 e. The average molecular weight is 151 g/mol. The van der Waals surface area contributed by atoms with Crippen LogP contribution in [0, 0.1) is 5.92 Å². The summed E-state index contributed by atoms with van der Waals surface area (Å²) < 4.78 is 35.4. The molecular formula is C6H11BF3-. The fourth-order valence-corrected chi connectivity index (χ4v) is 0.635. The van der Waals surface area contributed by atoms with E-state index in [4.69, 9.17) is 0 Å². The van der Waals surface area contributed by atoms with E-state index in [0.717, 1.165) is 6.92 Å². The van der Waals surface area contributed by atoms with E-state index in [1.807, 2.05) is 0 Å². The van der Waals surface area contributed by atoms with Gasteiger partial charge in [0, 0.05) is 0 Å². The molecule has 0 aromatic heterocycles. The van der Waals surface area contributed by atoms with Crippen molar-refractivity contribution in [1.82, 2.24) is 0 Å². The minimum atomic E-state index is -4.74. The molecule has 10 heavy (non-hydrogen) atoms. The van der Waals surface area contributed by atoms with E-state index in [-0.39, 0.29) is 5.92 Å². The summed E-state index contributed by atoms with van der Waals surface area (Å²) in [7, 11) is 0. The summed E-state index contributed by atoms with van der Waals surface area (Å²) in [6.07, 6.45) is 1.24. The molecule has 0 saturated carbocycles. The first kappa shape index (κ1) is 9.59. The Hall–Kier alpha value is -0.405. The summed E-state index contributed by atoms with van der Waals surface area (Å²) in [5.41, 5.74) is -0.449. The first-order valence-corrected chi connectivity index (χ1v) is 3.22. The van der Waals surface area contributed by atoms with Crippen LogP contribution < -0.4 is 0 Å². The molecule has 0 fully saturated rings. The van der Waals surface area contributed by atoms with Crippen molar-refractivity contribution >= 4 is 6.98 Å². The molecule has 0 saturated heterocycles. The highest BCUT2D eigenvalue weighted by Gasteiger charge is 2.24. The van der Waals surface area contributed by atoms with E-state index < -0.39 is 12.4 Å². The Balaban J connectivity index is 4.20. The van der Waals surface area contributed by atoms with Gasteiger partial charge in [-0.2, -0.15) is 0 Å². The van der Waals surface area contributed by atoms with Gasteiger partial charge in [0.1, 0.15) is 0 Å². The van der Waals surface area contributed by atoms with E-state index >= 15 is 0 Å². The summed E-state index contributed by atoms with van der Waals surface area (Å²) >= 11 is 0. The van der Waals surface area contributed by atoms with E-state index in [1.165, 1.54) is 6.08 Å². The molecule has 0 N–H and O–H groups in total. The van der Waals surface area contributed by atoms with Gasteiger partial charge in [-0.1, -0.05) is 20.8 Å². The highest BCUT2D eigenvalue weighted by atomic mass is 19.4. The minimum absolute atomic E-state index is 0.0245. The Kier molecular flexibility index (Phi) is 3.00. The van der Waals surface area contributed by atoms with Crippen LogP contribution in [0.4, 0.5) is 12.9 Å². The third kappa shape index (κ3) is 3.59. The number of hydrogen-bond donors (Lipinski definition) is 0. The Labute approximate surface area is 59.2 Å². The molecule has 0 aromatic rings. The zero-order valence-electron chi connectivity index (χ0n) is 6.37. The number of hydrogen-bond acceptors (Lipinski definition) is 0. The van der Waals surface area contributed by atoms with Gasteiger partial charge in [0.15, 0.2) is 0 Å². The van der Waals surface area contributed by atoms with Crippen LogP contribution >= 0.6 is 0 Å². The number of halogens is 3. The first-order valence-electron chi connectivity index (χ1n) is 3.22. The Morgan fingerprint density at radius 1 is 1.30 bits per heavy atom. The first-order chi connectivity index (χ1) is 4.34. The summed E-state index contributed by atoms with van der Waals surface area (Å²) in [5.74, 6) is -0.0245. The predicted molar refractivity (Wildman–Crippen MR) is 37.7 cm³/mol. The lowest BCUT2D eigenvalue weighted by molar-refractivity contribution is 0.489. The second-order valence-electron chi connectivity index (χ2n) is 2.73. The number of rotatable bonds is 2. The molecule has 0 unspecified atom stereocenters. The fourth-order valence-electron chi connectivity index (χ4n) is 0.635. The minimum Gasteiger partial charge on any atom is -0.445 e. The van der Waals surface area contributed by atoms with Gasteiger partial charge in [-0.05, 0) is 5.92 Å². The van der Waals surface area contributed by atoms with E-state index in [9.17, 15) is 12.9 Å². The standard InChI is InChI=1S/C6H11BF3/c1-5(2)4-6(3)7(8,9)10/h4-5H,1-3H3/q-1. The zero-order valence-corrected chi connectivity index (χ0v) is 6.37. The molecule has 0 aliphatic rings. The van der Waals surface area contributed by atoms with Crippen LogP contribution in [-0.2, 0) is 0 Å². The maximum atomic E-state index is 11.8. The van der Waals surface area contributed by atoms with Crippen molar-refractivity contribution in [2.45, 2.75) is 20.8 Å². The van der Waals surface area contributed by atoms with E-state index in [2.05, 4.69) is 0 Å². The average Bonchev–Trinajstić information content (AvgIpc) is 1.60. The topological polar surface area (TPSA) is 0 Å². The molecule has 0 spiro atoms. The quantitative estimate of drug-likeness (QED) is 0.532. The Morgan fingerprint density at radius 2 is 1.70 bits per heavy atom. The molecule has 60 valence electrons. The molecule has 0 rings (SSSR count). The fraction of sp³-hybridized carbons (Fsp3) is 0.667. The van der Waals surface area contributed by atoms with Crippen molar-refractivity contribution in [2.24, 2.45) is 5.92 Å². The second kappa shape index (κ2) is 3.13. The van der Waals surface area contributed by atoms with Gasteiger partial charge in [-0.3, -0.25) is 0 Å². The maximum absolute atomic E-state index is 11.8. The number of allylic oxidation sites excluding steroid dienone is 2. The smallest absolute Gasteiger partial charge is 0.445 e. The van der Waals surface area contributed by atoms with Crippen LogP contribution in [0.25, 0.3) is 0 Å². The third-order valence-corrected chi connectivity index (χ3v) is 1.11. The molecule has 0 heterocycles. The summed E-state index contributed by atoms with van der Waals surface area (Å²) in [4.78, 5) is 0. The Morgan fingerprint density at radius 3 is 1.80 bits per heavy atom. The zero-order chi connectivity index (χ0) is 8.36. The van der Waals surface area contributed by atoms with Crippen LogP contribution in [0.1, 0.15) is 20.8 Å². The van der Waals surface area contributed by atoms with Crippen molar-refractivity contribution < 1.29 is 12.9 Å². The molecule has 0 aromatic carbocycles. The van der Waals surface area contributed by atoms with Gasteiger partial charge >= 0.3 is 6.98 Å². The highest BCUT2D eigenvalue weighted by Crippen LogP contribution is 2.20. The molecule has 0 atom stereocenters. The predicted octanol–water partition coefficient (Wildman–Crippen LogP) is 2.98. The van der Waals surface area contributed by atoms with Gasteiger partial charge in [-0.25, -0.2) is 0 Å². The van der Waals surface area contributed by atoms with Gasteiger partial charge in [0.25, 0.3) is 0 Å². The van der Waals surface area contributed by atoms with Crippen LogP contribution in [0.2, 0.25) is 0 Å². The molecule has 0 nitrogen and oxygen atoms in total. The van der Waals surface area contributed by atoms with Crippen molar-refractivity contribution in [3.05, 3.63) is 11.5 Å². The summed E-state index contributed by atoms with van der Waals surface area (Å²) in [6.45, 7) is -0.174. The van der Waals surface area contributed by atoms with Gasteiger partial charge in [0.05, 0.1) is 0 Å². The molecule has 0 aliphatic carbocycles. The van der Waals surface area contributed by atoms with Gasteiger partial charge < -0.3 is 12.9 Å². The van der Waals surface area contributed by atoms with E-state index in [0.29, 0.717) is 0 Å². The SMILES string of the molecule is CC(=CC(C)C)[B-](F)(F)F. The molecule has 0 radical (unpaired) electrons. The normalized spacial score (nSPS) is 14.5. The molecule has 0 aliphatic heterocycles. The molecule has 4 heteroatoms. The lowest BCUT2D eigenvalue weighted by Crippen LogP contribution is -2.17. The lowest BCUT2D eigenvalue weighted by Gasteiger charge is -2.15. The van der Waals surface area contributed by atoms with Crippen LogP contribution in [0.3, 0.4) is 0 Å². The van der Waals surface area contributed by atoms with Crippen LogP contribution in [-0.4, -0.2) is 6.98 Å².